The second-order valence-electron chi connectivity index (χ2n) is 4.99. The van der Waals surface area contributed by atoms with Crippen LogP contribution in [0.15, 0.2) is 23.8 Å². The minimum Gasteiger partial charge on any atom is -0.276 e. The molecule has 1 nitrogen and oxygen atoms in total. The van der Waals surface area contributed by atoms with E-state index in [0.29, 0.717) is 5.92 Å². The number of halogens is 1. The van der Waals surface area contributed by atoms with Crippen LogP contribution in [0.2, 0.25) is 0 Å². The van der Waals surface area contributed by atoms with Gasteiger partial charge in [-0.1, -0.05) is 39.8 Å². The van der Waals surface area contributed by atoms with Crippen molar-refractivity contribution in [1.82, 2.24) is 0 Å². The van der Waals surface area contributed by atoms with Crippen molar-refractivity contribution >= 4 is 16.8 Å². The first-order chi connectivity index (χ1) is 7.32. The van der Waals surface area contributed by atoms with Crippen LogP contribution in [0.25, 0.3) is 0 Å². The van der Waals surface area contributed by atoms with Gasteiger partial charge in [0.15, 0.2) is 0 Å². The van der Waals surface area contributed by atoms with Crippen LogP contribution >= 0.6 is 11.6 Å². The highest BCUT2D eigenvalue weighted by atomic mass is 35.5. The van der Waals surface area contributed by atoms with E-state index in [9.17, 15) is 4.79 Å². The minimum absolute atomic E-state index is 0.412. The van der Waals surface area contributed by atoms with E-state index in [1.54, 1.807) is 0 Å². The Bertz CT molecular complexity index is 276. The van der Waals surface area contributed by atoms with Crippen LogP contribution < -0.4 is 0 Å². The van der Waals surface area contributed by atoms with Crippen molar-refractivity contribution in [3.05, 3.63) is 23.8 Å². The summed E-state index contributed by atoms with van der Waals surface area (Å²) in [5.74, 6) is 1.97. The van der Waals surface area contributed by atoms with E-state index in [2.05, 4.69) is 33.8 Å². The first kappa shape index (κ1) is 15.4. The van der Waals surface area contributed by atoms with Crippen LogP contribution in [-0.2, 0) is 4.79 Å². The zero-order valence-corrected chi connectivity index (χ0v) is 11.7. The Labute approximate surface area is 105 Å². The second-order valence-corrected chi connectivity index (χ2v) is 5.36. The lowest BCUT2D eigenvalue weighted by Gasteiger charge is -2.17. The van der Waals surface area contributed by atoms with Gasteiger partial charge in [-0.05, 0) is 48.3 Å². The minimum atomic E-state index is -0.412. The second kappa shape index (κ2) is 7.67. The largest absolute Gasteiger partial charge is 0.276 e. The van der Waals surface area contributed by atoms with Gasteiger partial charge in [-0.15, -0.1) is 0 Å². The fourth-order valence-corrected chi connectivity index (χ4v) is 1.65. The van der Waals surface area contributed by atoms with Crippen molar-refractivity contribution in [3.8, 4) is 0 Å². The zero-order chi connectivity index (χ0) is 12.7. The molecule has 0 saturated carbocycles. The van der Waals surface area contributed by atoms with Crippen LogP contribution in [0.3, 0.4) is 0 Å². The summed E-state index contributed by atoms with van der Waals surface area (Å²) in [7, 11) is 0. The molecule has 0 fully saturated rings. The molecule has 0 aliphatic heterocycles. The van der Waals surface area contributed by atoms with E-state index in [4.69, 9.17) is 11.6 Å². The summed E-state index contributed by atoms with van der Waals surface area (Å²) in [4.78, 5) is 10.6. The smallest absolute Gasteiger partial charge is 0.245 e. The summed E-state index contributed by atoms with van der Waals surface area (Å²) in [6.07, 6.45) is 6.73. The summed E-state index contributed by atoms with van der Waals surface area (Å²) >= 11 is 5.26. The number of hydrogen-bond acceptors (Lipinski definition) is 1. The van der Waals surface area contributed by atoms with E-state index in [-0.39, 0.29) is 0 Å². The molecule has 0 bridgehead atoms. The highest BCUT2D eigenvalue weighted by Gasteiger charge is 2.09. The summed E-state index contributed by atoms with van der Waals surface area (Å²) in [5, 5.41) is -0.412. The lowest BCUT2D eigenvalue weighted by atomic mass is 9.88. The molecule has 16 heavy (non-hydrogen) atoms. The average molecular weight is 243 g/mol. The van der Waals surface area contributed by atoms with Gasteiger partial charge < -0.3 is 0 Å². The molecule has 0 aliphatic carbocycles. The van der Waals surface area contributed by atoms with Crippen LogP contribution in [0, 0.1) is 17.8 Å². The molecule has 0 amide bonds. The lowest BCUT2D eigenvalue weighted by Crippen LogP contribution is -2.07. The lowest BCUT2D eigenvalue weighted by molar-refractivity contribution is -0.107. The van der Waals surface area contributed by atoms with Crippen molar-refractivity contribution in [2.45, 2.75) is 41.0 Å². The molecule has 2 heteroatoms. The van der Waals surface area contributed by atoms with Gasteiger partial charge in [0, 0.05) is 6.08 Å². The SMILES string of the molecule is CC(/C=C/C(C)CC(C)C(C)C)=C\C(=O)Cl. The quantitative estimate of drug-likeness (QED) is 0.379. The molecule has 0 N–H and O–H groups in total. The van der Waals surface area contributed by atoms with Gasteiger partial charge in [-0.25, -0.2) is 0 Å². The average Bonchev–Trinajstić information content (AvgIpc) is 2.13. The van der Waals surface area contributed by atoms with Crippen molar-refractivity contribution in [3.63, 3.8) is 0 Å². The Morgan fingerprint density at radius 2 is 1.81 bits per heavy atom. The van der Waals surface area contributed by atoms with Crippen molar-refractivity contribution in [2.75, 3.05) is 0 Å². The first-order valence-electron chi connectivity index (χ1n) is 5.89. The molecule has 92 valence electrons. The van der Waals surface area contributed by atoms with Crippen LogP contribution in [0.1, 0.15) is 41.0 Å². The number of hydrogen-bond donors (Lipinski definition) is 0. The highest BCUT2D eigenvalue weighted by Crippen LogP contribution is 2.20. The summed E-state index contributed by atoms with van der Waals surface area (Å²) < 4.78 is 0. The molecule has 2 atom stereocenters. The maximum atomic E-state index is 10.6. The predicted octanol–water partition coefficient (Wildman–Crippen LogP) is 4.57. The molecular weight excluding hydrogens is 220 g/mol. The van der Waals surface area contributed by atoms with E-state index < -0.39 is 5.24 Å². The molecular formula is C14H23ClO. The van der Waals surface area contributed by atoms with Gasteiger partial charge in [0.25, 0.3) is 0 Å². The molecule has 0 saturated heterocycles. The van der Waals surface area contributed by atoms with Gasteiger partial charge in [0.05, 0.1) is 0 Å². The molecule has 2 unspecified atom stereocenters. The Morgan fingerprint density at radius 3 is 2.25 bits per heavy atom. The third kappa shape index (κ3) is 7.70. The summed E-state index contributed by atoms with van der Waals surface area (Å²) in [5.41, 5.74) is 0.907. The van der Waals surface area contributed by atoms with E-state index in [1.807, 2.05) is 13.0 Å². The Balaban J connectivity index is 4.19. The Hall–Kier alpha value is -0.560. The fraction of sp³-hybridized carbons (Fsp3) is 0.643. The molecule has 0 aromatic heterocycles. The molecule has 0 aromatic carbocycles. The molecule has 0 spiro atoms. The highest BCUT2D eigenvalue weighted by molar-refractivity contribution is 6.66. The topological polar surface area (TPSA) is 17.1 Å². The van der Waals surface area contributed by atoms with Crippen LogP contribution in [0.4, 0.5) is 0 Å². The van der Waals surface area contributed by atoms with Gasteiger partial charge >= 0.3 is 0 Å². The molecule has 0 rings (SSSR count). The predicted molar refractivity (Wildman–Crippen MR) is 71.5 cm³/mol. The van der Waals surface area contributed by atoms with Crippen LogP contribution in [-0.4, -0.2) is 5.24 Å². The van der Waals surface area contributed by atoms with Gasteiger partial charge in [-0.2, -0.15) is 0 Å². The molecule has 0 aromatic rings. The van der Waals surface area contributed by atoms with Crippen LogP contribution in [0.5, 0.6) is 0 Å². The standard InChI is InChI=1S/C14H23ClO/c1-10(2)13(5)8-11(3)6-7-12(4)9-14(15)16/h6-7,9-11,13H,8H2,1-5H3/b7-6+,12-9+. The van der Waals surface area contributed by atoms with Gasteiger partial charge in [0.1, 0.15) is 0 Å². The number of allylic oxidation sites excluding steroid dienone is 4. The van der Waals surface area contributed by atoms with Crippen molar-refractivity contribution in [2.24, 2.45) is 17.8 Å². The monoisotopic (exact) mass is 242 g/mol. The third-order valence-electron chi connectivity index (χ3n) is 2.91. The van der Waals surface area contributed by atoms with Crippen molar-refractivity contribution in [1.29, 1.82) is 0 Å². The normalized spacial score (nSPS) is 16.8. The maximum absolute atomic E-state index is 10.6. The number of carbonyl (C=O) groups excluding carboxylic acids is 1. The summed E-state index contributed by atoms with van der Waals surface area (Å²) in [6.45, 7) is 10.9. The van der Waals surface area contributed by atoms with E-state index in [0.717, 1.165) is 17.4 Å². The first-order valence-corrected chi connectivity index (χ1v) is 6.26. The fourth-order valence-electron chi connectivity index (χ4n) is 1.48. The van der Waals surface area contributed by atoms with E-state index in [1.165, 1.54) is 12.5 Å². The third-order valence-corrected chi connectivity index (χ3v) is 3.02. The molecule has 0 heterocycles. The molecule has 0 aliphatic rings. The number of rotatable bonds is 6. The molecule has 0 radical (unpaired) electrons. The maximum Gasteiger partial charge on any atom is 0.245 e. The zero-order valence-electron chi connectivity index (χ0n) is 11.0. The Morgan fingerprint density at radius 1 is 1.25 bits per heavy atom. The van der Waals surface area contributed by atoms with Gasteiger partial charge in [-0.3, -0.25) is 4.79 Å². The number of carbonyl (C=O) groups is 1. The Kier molecular flexibility index (Phi) is 7.40. The van der Waals surface area contributed by atoms with E-state index >= 15 is 0 Å². The van der Waals surface area contributed by atoms with Crippen molar-refractivity contribution < 1.29 is 4.79 Å². The summed E-state index contributed by atoms with van der Waals surface area (Å²) in [6, 6.07) is 0. The van der Waals surface area contributed by atoms with Gasteiger partial charge in [0.2, 0.25) is 5.24 Å².